The van der Waals surface area contributed by atoms with Gasteiger partial charge < -0.3 is 5.11 Å². The molecule has 0 aliphatic carbocycles. The fraction of sp³-hybridized carbons (Fsp3) is 0.500. The fourth-order valence-corrected chi connectivity index (χ4v) is 2.66. The predicted octanol–water partition coefficient (Wildman–Crippen LogP) is 2.96. The van der Waals surface area contributed by atoms with Crippen LogP contribution in [-0.2, 0) is 21.0 Å². The minimum Gasteiger partial charge on any atom is -0.481 e. The van der Waals surface area contributed by atoms with E-state index in [1.807, 2.05) is 24.3 Å². The molecular formula is C14H20O3S. The van der Waals surface area contributed by atoms with Crippen molar-refractivity contribution in [3.8, 4) is 0 Å². The lowest BCUT2D eigenvalue weighted by atomic mass is 9.87. The number of rotatable bonds is 5. The zero-order chi connectivity index (χ0) is 13.8. The zero-order valence-electron chi connectivity index (χ0n) is 11.1. The summed E-state index contributed by atoms with van der Waals surface area (Å²) in [6.45, 7) is 6.39. The van der Waals surface area contributed by atoms with Crippen molar-refractivity contribution in [2.75, 3.05) is 5.75 Å². The Bertz CT molecular complexity index is 429. The van der Waals surface area contributed by atoms with Crippen LogP contribution in [0.5, 0.6) is 0 Å². The van der Waals surface area contributed by atoms with Crippen molar-refractivity contribution in [2.45, 2.75) is 43.9 Å². The zero-order valence-corrected chi connectivity index (χ0v) is 11.9. The van der Waals surface area contributed by atoms with E-state index >= 15 is 0 Å². The number of carbonyl (C=O) groups is 1. The molecular weight excluding hydrogens is 248 g/mol. The molecule has 18 heavy (non-hydrogen) atoms. The SMILES string of the molecule is CC(C)(C)c1ccc(S(=O)CCCC(=O)O)cc1. The first kappa shape index (κ1) is 14.9. The summed E-state index contributed by atoms with van der Waals surface area (Å²) < 4.78 is 11.9. The molecule has 0 aliphatic heterocycles. The monoisotopic (exact) mass is 268 g/mol. The van der Waals surface area contributed by atoms with E-state index in [1.165, 1.54) is 5.56 Å². The minimum absolute atomic E-state index is 0.0752. The van der Waals surface area contributed by atoms with Crippen LogP contribution in [0.15, 0.2) is 29.2 Å². The van der Waals surface area contributed by atoms with Gasteiger partial charge in [0.25, 0.3) is 0 Å². The molecule has 100 valence electrons. The Hall–Kier alpha value is -1.16. The molecule has 1 N–H and O–H groups in total. The van der Waals surface area contributed by atoms with Gasteiger partial charge in [-0.25, -0.2) is 0 Å². The Balaban J connectivity index is 2.62. The number of carboxylic acids is 1. The molecule has 0 saturated heterocycles. The van der Waals surface area contributed by atoms with Gasteiger partial charge in [0.15, 0.2) is 0 Å². The molecule has 3 nitrogen and oxygen atoms in total. The number of aliphatic carboxylic acids is 1. The van der Waals surface area contributed by atoms with Crippen LogP contribution >= 0.6 is 0 Å². The lowest BCUT2D eigenvalue weighted by Crippen LogP contribution is -2.11. The van der Waals surface area contributed by atoms with Crippen LogP contribution in [0.1, 0.15) is 39.2 Å². The first-order valence-electron chi connectivity index (χ1n) is 6.01. The topological polar surface area (TPSA) is 54.4 Å². The molecule has 0 aliphatic rings. The second kappa shape index (κ2) is 6.14. The molecule has 0 amide bonds. The maximum atomic E-state index is 11.9. The summed E-state index contributed by atoms with van der Waals surface area (Å²) in [4.78, 5) is 11.1. The van der Waals surface area contributed by atoms with Crippen LogP contribution in [0.4, 0.5) is 0 Å². The van der Waals surface area contributed by atoms with Crippen LogP contribution < -0.4 is 0 Å². The first-order valence-corrected chi connectivity index (χ1v) is 7.33. The van der Waals surface area contributed by atoms with Gasteiger partial charge in [-0.05, 0) is 29.5 Å². The molecule has 0 saturated carbocycles. The third kappa shape index (κ3) is 4.61. The van der Waals surface area contributed by atoms with Gasteiger partial charge in [-0.15, -0.1) is 0 Å². The van der Waals surface area contributed by atoms with Gasteiger partial charge in [0.2, 0.25) is 0 Å². The van der Waals surface area contributed by atoms with Gasteiger partial charge in [-0.1, -0.05) is 32.9 Å². The average molecular weight is 268 g/mol. The second-order valence-electron chi connectivity index (χ2n) is 5.32. The van der Waals surface area contributed by atoms with Gasteiger partial charge in [0.1, 0.15) is 0 Å². The Labute approximate surface area is 111 Å². The normalized spacial score (nSPS) is 13.3. The molecule has 0 fully saturated rings. The van der Waals surface area contributed by atoms with E-state index in [1.54, 1.807) is 0 Å². The van der Waals surface area contributed by atoms with Crippen molar-refractivity contribution in [3.63, 3.8) is 0 Å². The molecule has 1 aromatic rings. The summed E-state index contributed by atoms with van der Waals surface area (Å²) in [6.07, 6.45) is 0.523. The van der Waals surface area contributed by atoms with Gasteiger partial charge in [-0.2, -0.15) is 0 Å². The van der Waals surface area contributed by atoms with E-state index in [-0.39, 0.29) is 11.8 Å². The standard InChI is InChI=1S/C14H20O3S/c1-14(2,3)11-6-8-12(9-7-11)18(17)10-4-5-13(15)16/h6-9H,4-5,10H2,1-3H3,(H,15,16). The van der Waals surface area contributed by atoms with E-state index in [4.69, 9.17) is 5.11 Å². The smallest absolute Gasteiger partial charge is 0.303 e. The van der Waals surface area contributed by atoms with Gasteiger partial charge in [0, 0.05) is 17.1 Å². The number of hydrogen-bond donors (Lipinski definition) is 1. The second-order valence-corrected chi connectivity index (χ2v) is 6.89. The van der Waals surface area contributed by atoms with Crippen molar-refractivity contribution >= 4 is 16.8 Å². The minimum atomic E-state index is -1.10. The van der Waals surface area contributed by atoms with E-state index in [0.29, 0.717) is 12.2 Å². The third-order valence-corrected chi connectivity index (χ3v) is 4.16. The highest BCUT2D eigenvalue weighted by Gasteiger charge is 2.13. The Kier molecular flexibility index (Phi) is 5.08. The first-order chi connectivity index (χ1) is 8.30. The summed E-state index contributed by atoms with van der Waals surface area (Å²) in [5.41, 5.74) is 1.29. The molecule has 0 aromatic heterocycles. The molecule has 0 bridgehead atoms. The third-order valence-electron chi connectivity index (χ3n) is 2.70. The maximum absolute atomic E-state index is 11.9. The maximum Gasteiger partial charge on any atom is 0.303 e. The highest BCUT2D eigenvalue weighted by molar-refractivity contribution is 7.85. The van der Waals surface area contributed by atoms with Gasteiger partial charge >= 0.3 is 5.97 Å². The van der Waals surface area contributed by atoms with E-state index in [0.717, 1.165) is 4.90 Å². The molecule has 0 radical (unpaired) electrons. The predicted molar refractivity (Wildman–Crippen MR) is 73.3 cm³/mol. The number of hydrogen-bond acceptors (Lipinski definition) is 2. The molecule has 0 heterocycles. The quantitative estimate of drug-likeness (QED) is 0.893. The highest BCUT2D eigenvalue weighted by Crippen LogP contribution is 2.23. The van der Waals surface area contributed by atoms with Gasteiger partial charge in [-0.3, -0.25) is 9.00 Å². The Morgan fingerprint density at radius 2 is 1.78 bits per heavy atom. The van der Waals surface area contributed by atoms with Crippen LogP contribution in [0.2, 0.25) is 0 Å². The van der Waals surface area contributed by atoms with Crippen LogP contribution in [-0.4, -0.2) is 21.0 Å². The largest absolute Gasteiger partial charge is 0.481 e. The van der Waals surface area contributed by atoms with Crippen molar-refractivity contribution in [1.82, 2.24) is 0 Å². The Morgan fingerprint density at radius 1 is 1.22 bits per heavy atom. The van der Waals surface area contributed by atoms with E-state index in [9.17, 15) is 9.00 Å². The summed E-state index contributed by atoms with van der Waals surface area (Å²) in [7, 11) is -1.10. The van der Waals surface area contributed by atoms with Crippen molar-refractivity contribution < 1.29 is 14.1 Å². The van der Waals surface area contributed by atoms with Crippen molar-refractivity contribution in [2.24, 2.45) is 0 Å². The van der Waals surface area contributed by atoms with Gasteiger partial charge in [0.05, 0.1) is 10.8 Å². The summed E-state index contributed by atoms with van der Waals surface area (Å²) >= 11 is 0. The average Bonchev–Trinajstić information content (AvgIpc) is 2.27. The summed E-state index contributed by atoms with van der Waals surface area (Å²) in [6, 6.07) is 7.73. The molecule has 1 rings (SSSR count). The van der Waals surface area contributed by atoms with Crippen LogP contribution in [0.25, 0.3) is 0 Å². The summed E-state index contributed by atoms with van der Waals surface area (Å²) in [5.74, 6) is -0.434. The van der Waals surface area contributed by atoms with Crippen LogP contribution in [0, 0.1) is 0 Å². The van der Waals surface area contributed by atoms with Crippen molar-refractivity contribution in [1.29, 1.82) is 0 Å². The van der Waals surface area contributed by atoms with E-state index in [2.05, 4.69) is 20.8 Å². The molecule has 4 heteroatoms. The molecule has 1 aromatic carbocycles. The lowest BCUT2D eigenvalue weighted by molar-refractivity contribution is -0.137. The van der Waals surface area contributed by atoms with Crippen LogP contribution in [0.3, 0.4) is 0 Å². The van der Waals surface area contributed by atoms with E-state index < -0.39 is 16.8 Å². The number of benzene rings is 1. The number of carboxylic acid groups (broad SMARTS) is 1. The lowest BCUT2D eigenvalue weighted by Gasteiger charge is -2.19. The molecule has 1 unspecified atom stereocenters. The highest BCUT2D eigenvalue weighted by atomic mass is 32.2. The molecule has 1 atom stereocenters. The molecule has 0 spiro atoms. The fourth-order valence-electron chi connectivity index (χ4n) is 1.58. The summed E-state index contributed by atoms with van der Waals surface area (Å²) in [5, 5.41) is 8.52. The van der Waals surface area contributed by atoms with Crippen molar-refractivity contribution in [3.05, 3.63) is 29.8 Å². The Morgan fingerprint density at radius 3 is 2.22 bits per heavy atom.